The van der Waals surface area contributed by atoms with Gasteiger partial charge in [0.2, 0.25) is 0 Å². The summed E-state index contributed by atoms with van der Waals surface area (Å²) in [6.07, 6.45) is -4.65. The fourth-order valence-corrected chi connectivity index (χ4v) is 1.02. The summed E-state index contributed by atoms with van der Waals surface area (Å²) in [5, 5.41) is 28.3. The molecule has 2 amide bonds. The summed E-state index contributed by atoms with van der Waals surface area (Å²) < 4.78 is 36.4. The molecule has 0 aliphatic carbocycles. The minimum atomic E-state index is -4.65. The lowest BCUT2D eigenvalue weighted by Gasteiger charge is -2.25. The normalized spacial score (nSPS) is 14.6. The Bertz CT molecular complexity index is 332. The lowest BCUT2D eigenvalue weighted by Crippen LogP contribution is -2.52. The summed E-state index contributed by atoms with van der Waals surface area (Å²) in [4.78, 5) is 22.2. The zero-order chi connectivity index (χ0) is 15.3. The summed E-state index contributed by atoms with van der Waals surface area (Å²) in [5.41, 5.74) is -2.29. The summed E-state index contributed by atoms with van der Waals surface area (Å²) in [7, 11) is 0. The first-order valence-corrected chi connectivity index (χ1v) is 5.16. The van der Waals surface area contributed by atoms with E-state index in [9.17, 15) is 27.9 Å². The quantitative estimate of drug-likeness (QED) is 0.521. The number of carboxylic acid groups (broad SMARTS) is 1. The highest BCUT2D eigenvalue weighted by Crippen LogP contribution is 2.16. The minimum Gasteiger partial charge on any atom is -0.479 e. The molecule has 0 aromatic heterocycles. The SMILES string of the molecule is CC(O)(CNC(=O)N(CCO)CC(F)(F)F)C(=O)O. The predicted molar refractivity (Wildman–Crippen MR) is 56.4 cm³/mol. The van der Waals surface area contributed by atoms with Crippen molar-refractivity contribution in [2.45, 2.75) is 18.7 Å². The fourth-order valence-electron chi connectivity index (χ4n) is 1.02. The second-order valence-corrected chi connectivity index (χ2v) is 4.00. The molecule has 0 aliphatic rings. The van der Waals surface area contributed by atoms with E-state index in [1.165, 1.54) is 0 Å². The molecule has 0 spiro atoms. The molecule has 1 atom stereocenters. The van der Waals surface area contributed by atoms with Crippen LogP contribution in [0.2, 0.25) is 0 Å². The maximum absolute atomic E-state index is 12.1. The van der Waals surface area contributed by atoms with Crippen LogP contribution in [0.25, 0.3) is 0 Å². The van der Waals surface area contributed by atoms with Gasteiger partial charge in [0.05, 0.1) is 13.2 Å². The van der Waals surface area contributed by atoms with Gasteiger partial charge in [-0.2, -0.15) is 13.2 Å². The van der Waals surface area contributed by atoms with E-state index in [0.29, 0.717) is 0 Å². The van der Waals surface area contributed by atoms with Gasteiger partial charge in [0.1, 0.15) is 6.54 Å². The highest BCUT2D eigenvalue weighted by molar-refractivity contribution is 5.79. The standard InChI is InChI=1S/C9H15F3N2O5/c1-8(19,6(16)17)4-13-7(18)14(2-3-15)5-9(10,11)12/h15,19H,2-5H2,1H3,(H,13,18)(H,16,17). The number of hydrogen-bond acceptors (Lipinski definition) is 4. The van der Waals surface area contributed by atoms with E-state index in [2.05, 4.69) is 0 Å². The maximum Gasteiger partial charge on any atom is 0.406 e. The zero-order valence-electron chi connectivity index (χ0n) is 10.1. The van der Waals surface area contributed by atoms with Crippen molar-refractivity contribution in [3.63, 3.8) is 0 Å². The number of nitrogens with one attached hydrogen (secondary N) is 1. The highest BCUT2D eigenvalue weighted by Gasteiger charge is 2.35. The van der Waals surface area contributed by atoms with Crippen molar-refractivity contribution >= 4 is 12.0 Å². The molecule has 19 heavy (non-hydrogen) atoms. The van der Waals surface area contributed by atoms with E-state index in [4.69, 9.17) is 10.2 Å². The van der Waals surface area contributed by atoms with Crippen LogP contribution in [0.4, 0.5) is 18.0 Å². The molecule has 0 bridgehead atoms. The molecule has 0 saturated heterocycles. The number of aliphatic carboxylic acids is 1. The van der Waals surface area contributed by atoms with Crippen molar-refractivity contribution in [1.82, 2.24) is 10.2 Å². The summed E-state index contributed by atoms with van der Waals surface area (Å²) in [5.74, 6) is -1.63. The molecule has 0 aliphatic heterocycles. The van der Waals surface area contributed by atoms with Gasteiger partial charge in [-0.15, -0.1) is 0 Å². The molecular weight excluding hydrogens is 273 g/mol. The van der Waals surface area contributed by atoms with Gasteiger partial charge >= 0.3 is 18.2 Å². The van der Waals surface area contributed by atoms with Crippen molar-refractivity contribution in [3.05, 3.63) is 0 Å². The van der Waals surface area contributed by atoms with Crippen LogP contribution in [0, 0.1) is 0 Å². The number of aliphatic hydroxyl groups is 2. The Balaban J connectivity index is 4.54. The van der Waals surface area contributed by atoms with Crippen molar-refractivity contribution < 1.29 is 38.1 Å². The van der Waals surface area contributed by atoms with Crippen LogP contribution in [0.15, 0.2) is 0 Å². The second kappa shape index (κ2) is 6.57. The summed E-state index contributed by atoms with van der Waals surface area (Å²) >= 11 is 0. The molecule has 1 unspecified atom stereocenters. The molecule has 0 rings (SSSR count). The van der Waals surface area contributed by atoms with Gasteiger partial charge in [-0.25, -0.2) is 9.59 Å². The van der Waals surface area contributed by atoms with Gasteiger partial charge in [0.25, 0.3) is 0 Å². The fraction of sp³-hybridized carbons (Fsp3) is 0.778. The third kappa shape index (κ3) is 6.82. The number of urea groups is 1. The minimum absolute atomic E-state index is 0.262. The Morgan fingerprint density at radius 3 is 2.21 bits per heavy atom. The molecule has 4 N–H and O–H groups in total. The number of rotatable bonds is 6. The highest BCUT2D eigenvalue weighted by atomic mass is 19.4. The number of carbonyl (C=O) groups excluding carboxylic acids is 1. The van der Waals surface area contributed by atoms with Crippen LogP contribution in [0.5, 0.6) is 0 Å². The van der Waals surface area contributed by atoms with Gasteiger partial charge in [-0.1, -0.05) is 0 Å². The Kier molecular flexibility index (Phi) is 6.03. The van der Waals surface area contributed by atoms with E-state index in [1.54, 1.807) is 0 Å². The van der Waals surface area contributed by atoms with Crippen molar-refractivity contribution in [2.75, 3.05) is 26.2 Å². The molecule has 112 valence electrons. The Hall–Kier alpha value is -1.55. The first-order chi connectivity index (χ1) is 8.49. The Morgan fingerprint density at radius 2 is 1.84 bits per heavy atom. The molecule has 0 saturated carbocycles. The number of carboxylic acids is 1. The van der Waals surface area contributed by atoms with Gasteiger partial charge in [-0.3, -0.25) is 0 Å². The molecule has 0 aromatic carbocycles. The largest absolute Gasteiger partial charge is 0.479 e. The monoisotopic (exact) mass is 288 g/mol. The number of halogens is 3. The average molecular weight is 288 g/mol. The molecule has 0 fully saturated rings. The molecule has 10 heteroatoms. The number of amides is 2. The van der Waals surface area contributed by atoms with Crippen LogP contribution in [0.1, 0.15) is 6.92 Å². The zero-order valence-corrected chi connectivity index (χ0v) is 10.1. The smallest absolute Gasteiger partial charge is 0.406 e. The third-order valence-electron chi connectivity index (χ3n) is 2.07. The van der Waals surface area contributed by atoms with E-state index in [-0.39, 0.29) is 4.90 Å². The van der Waals surface area contributed by atoms with Gasteiger partial charge in [0, 0.05) is 6.54 Å². The summed E-state index contributed by atoms with van der Waals surface area (Å²) in [6.45, 7) is -2.72. The number of carbonyl (C=O) groups is 2. The first kappa shape index (κ1) is 17.4. The van der Waals surface area contributed by atoms with Gasteiger partial charge in [-0.05, 0) is 6.92 Å². The van der Waals surface area contributed by atoms with E-state index >= 15 is 0 Å². The number of nitrogens with zero attached hydrogens (tertiary/aromatic N) is 1. The Morgan fingerprint density at radius 1 is 1.32 bits per heavy atom. The van der Waals surface area contributed by atoms with Gasteiger partial charge < -0.3 is 25.5 Å². The van der Waals surface area contributed by atoms with E-state index in [0.717, 1.165) is 6.92 Å². The van der Waals surface area contributed by atoms with Crippen molar-refractivity contribution in [1.29, 1.82) is 0 Å². The van der Waals surface area contributed by atoms with Crippen LogP contribution in [-0.2, 0) is 4.79 Å². The maximum atomic E-state index is 12.1. The second-order valence-electron chi connectivity index (χ2n) is 4.00. The first-order valence-electron chi connectivity index (χ1n) is 5.16. The number of alkyl halides is 3. The van der Waals surface area contributed by atoms with Crippen LogP contribution < -0.4 is 5.32 Å². The van der Waals surface area contributed by atoms with Crippen LogP contribution in [-0.4, -0.2) is 70.2 Å². The summed E-state index contributed by atoms with van der Waals surface area (Å²) in [6, 6.07) is -1.23. The van der Waals surface area contributed by atoms with Gasteiger partial charge in [0.15, 0.2) is 5.60 Å². The number of hydrogen-bond donors (Lipinski definition) is 4. The van der Waals surface area contributed by atoms with E-state index in [1.807, 2.05) is 5.32 Å². The number of aliphatic hydroxyl groups excluding tert-OH is 1. The molecule has 0 radical (unpaired) electrons. The lowest BCUT2D eigenvalue weighted by atomic mass is 10.1. The van der Waals surface area contributed by atoms with Crippen LogP contribution >= 0.6 is 0 Å². The topological polar surface area (TPSA) is 110 Å². The molecule has 0 heterocycles. The lowest BCUT2D eigenvalue weighted by molar-refractivity contribution is -0.156. The third-order valence-corrected chi connectivity index (χ3v) is 2.07. The predicted octanol–water partition coefficient (Wildman–Crippen LogP) is -0.612. The Labute approximate surface area is 106 Å². The van der Waals surface area contributed by atoms with E-state index < -0.39 is 50.0 Å². The molecule has 0 aromatic rings. The average Bonchev–Trinajstić information content (AvgIpc) is 2.23. The van der Waals surface area contributed by atoms with Crippen LogP contribution in [0.3, 0.4) is 0 Å². The van der Waals surface area contributed by atoms with Crippen molar-refractivity contribution in [2.24, 2.45) is 0 Å². The molecular formula is C9H15F3N2O5. The van der Waals surface area contributed by atoms with Crippen molar-refractivity contribution in [3.8, 4) is 0 Å². The molecule has 7 nitrogen and oxygen atoms in total.